The molecule has 0 aromatic heterocycles. The molecular weight excluding hydrogens is 372 g/mol. The highest BCUT2D eigenvalue weighted by Gasteiger charge is 2.32. The summed E-state index contributed by atoms with van der Waals surface area (Å²) in [5, 5.41) is 0. The third kappa shape index (κ3) is 3.95. The summed E-state index contributed by atoms with van der Waals surface area (Å²) >= 11 is 0. The van der Waals surface area contributed by atoms with Crippen LogP contribution in [0.15, 0.2) is 53.6 Å². The van der Waals surface area contributed by atoms with E-state index in [2.05, 4.69) is 112 Å². The van der Waals surface area contributed by atoms with Crippen molar-refractivity contribution in [2.45, 2.75) is 92.4 Å². The highest BCUT2D eigenvalue weighted by molar-refractivity contribution is 5.80. The van der Waals surface area contributed by atoms with Crippen LogP contribution in [0.4, 0.5) is 0 Å². The number of rotatable bonds is 1. The van der Waals surface area contributed by atoms with Crippen molar-refractivity contribution in [2.75, 3.05) is 0 Å². The highest BCUT2D eigenvalue weighted by Crippen LogP contribution is 2.48. The molecule has 2 aromatic rings. The quantitative estimate of drug-likeness (QED) is 0.374. The highest BCUT2D eigenvalue weighted by atomic mass is 14.4. The molecule has 1 unspecified atom stereocenters. The predicted octanol–water partition coefficient (Wildman–Crippen LogP) is 8.87. The molecule has 0 bridgehead atoms. The smallest absolute Gasteiger partial charge is 0.0237 e. The first-order chi connectivity index (χ1) is 14.2. The predicted molar refractivity (Wildman–Crippen MR) is 136 cm³/mol. The van der Waals surface area contributed by atoms with Crippen molar-refractivity contribution in [1.29, 1.82) is 0 Å². The third-order valence-electron chi connectivity index (χ3n) is 7.20. The molecule has 4 rings (SSSR count). The molecule has 1 atom stereocenters. The fraction of sp³-hybridized carbons (Fsp3) is 0.484. The fourth-order valence-electron chi connectivity index (χ4n) is 4.98. The number of allylic oxidation sites excluding steroid dienone is 4. The molecule has 0 fully saturated rings. The van der Waals surface area contributed by atoms with Gasteiger partial charge in [-0.2, -0.15) is 0 Å². The molecule has 164 valence electrons. The van der Waals surface area contributed by atoms with Crippen LogP contribution in [0, 0.1) is 5.41 Å². The Morgan fingerprint density at radius 1 is 0.710 bits per heavy atom. The number of benzene rings is 2. The molecule has 0 radical (unpaired) electrons. The Morgan fingerprint density at radius 2 is 1.32 bits per heavy atom. The van der Waals surface area contributed by atoms with E-state index in [9.17, 15) is 0 Å². The van der Waals surface area contributed by atoms with Crippen molar-refractivity contribution in [2.24, 2.45) is 5.41 Å². The lowest BCUT2D eigenvalue weighted by Gasteiger charge is -2.25. The summed E-state index contributed by atoms with van der Waals surface area (Å²) in [5.41, 5.74) is 13.7. The first kappa shape index (κ1) is 22.1. The molecule has 0 N–H and O–H groups in total. The van der Waals surface area contributed by atoms with Gasteiger partial charge >= 0.3 is 0 Å². The second-order valence-electron chi connectivity index (χ2n) is 12.9. The second-order valence-corrected chi connectivity index (χ2v) is 12.9. The van der Waals surface area contributed by atoms with E-state index in [1.165, 1.54) is 44.5 Å². The Hall–Kier alpha value is -2.08. The summed E-state index contributed by atoms with van der Waals surface area (Å²) in [6.07, 6.45) is 6.01. The molecule has 2 aromatic carbocycles. The SMILES string of the molecule is CC1=CC(C(C)(C)C)=CC1c1cc(C(C)(C)C)cc2c1Cc1ccc(C(C)(C)C)cc1-2. The first-order valence-electron chi connectivity index (χ1n) is 11.9. The summed E-state index contributed by atoms with van der Waals surface area (Å²) in [5.74, 6) is 0.390. The molecule has 2 aliphatic rings. The maximum atomic E-state index is 2.53. The van der Waals surface area contributed by atoms with Gasteiger partial charge in [0.25, 0.3) is 0 Å². The maximum absolute atomic E-state index is 2.53. The topological polar surface area (TPSA) is 0 Å². The Kier molecular flexibility index (Phi) is 4.97. The van der Waals surface area contributed by atoms with Crippen LogP contribution in [0.3, 0.4) is 0 Å². The zero-order valence-electron chi connectivity index (χ0n) is 21.3. The van der Waals surface area contributed by atoms with Crippen LogP contribution in [0.25, 0.3) is 11.1 Å². The molecule has 0 heterocycles. The van der Waals surface area contributed by atoms with Crippen molar-refractivity contribution in [3.8, 4) is 11.1 Å². The normalized spacial score (nSPS) is 18.6. The van der Waals surface area contributed by atoms with Crippen molar-refractivity contribution in [3.63, 3.8) is 0 Å². The van der Waals surface area contributed by atoms with Crippen LogP contribution in [0.1, 0.15) is 103 Å². The number of hydrogen-bond donors (Lipinski definition) is 0. The van der Waals surface area contributed by atoms with Crippen LogP contribution >= 0.6 is 0 Å². The molecule has 0 saturated heterocycles. The minimum atomic E-state index is 0.126. The molecule has 0 saturated carbocycles. The van der Waals surface area contributed by atoms with Crippen LogP contribution in [-0.2, 0) is 17.3 Å². The summed E-state index contributed by atoms with van der Waals surface area (Å²) < 4.78 is 0. The van der Waals surface area contributed by atoms with Crippen LogP contribution in [0.2, 0.25) is 0 Å². The van der Waals surface area contributed by atoms with E-state index in [4.69, 9.17) is 0 Å². The molecule has 0 nitrogen and oxygen atoms in total. The lowest BCUT2D eigenvalue weighted by molar-refractivity contribution is 0.517. The fourth-order valence-corrected chi connectivity index (χ4v) is 4.98. The Morgan fingerprint density at radius 3 is 1.87 bits per heavy atom. The van der Waals surface area contributed by atoms with Gasteiger partial charge in [-0.25, -0.2) is 0 Å². The Labute approximate surface area is 190 Å². The van der Waals surface area contributed by atoms with E-state index in [1.807, 2.05) is 0 Å². The summed E-state index contributed by atoms with van der Waals surface area (Å²) in [7, 11) is 0. The van der Waals surface area contributed by atoms with Gasteiger partial charge in [-0.15, -0.1) is 0 Å². The van der Waals surface area contributed by atoms with Crippen molar-refractivity contribution in [1.82, 2.24) is 0 Å². The minimum absolute atomic E-state index is 0.126. The Balaban J connectivity index is 1.93. The average molecular weight is 413 g/mol. The van der Waals surface area contributed by atoms with Gasteiger partial charge in [0.2, 0.25) is 0 Å². The van der Waals surface area contributed by atoms with Gasteiger partial charge in [-0.05, 0) is 74.1 Å². The zero-order valence-corrected chi connectivity index (χ0v) is 21.3. The van der Waals surface area contributed by atoms with Gasteiger partial charge in [0.15, 0.2) is 0 Å². The lowest BCUT2D eigenvalue weighted by atomic mass is 9.79. The van der Waals surface area contributed by atoms with Gasteiger partial charge < -0.3 is 0 Å². The van der Waals surface area contributed by atoms with Crippen molar-refractivity contribution in [3.05, 3.63) is 81.4 Å². The molecule has 0 amide bonds. The van der Waals surface area contributed by atoms with Crippen LogP contribution < -0.4 is 0 Å². The second kappa shape index (κ2) is 6.96. The average Bonchev–Trinajstić information content (AvgIpc) is 3.19. The first-order valence-corrected chi connectivity index (χ1v) is 11.9. The maximum Gasteiger partial charge on any atom is 0.0237 e. The van der Waals surface area contributed by atoms with E-state index < -0.39 is 0 Å². The third-order valence-corrected chi connectivity index (χ3v) is 7.20. The molecule has 0 aliphatic heterocycles. The van der Waals surface area contributed by atoms with Gasteiger partial charge in [0, 0.05) is 5.92 Å². The molecule has 0 heteroatoms. The molecule has 2 aliphatic carbocycles. The monoisotopic (exact) mass is 412 g/mol. The van der Waals surface area contributed by atoms with E-state index in [-0.39, 0.29) is 16.2 Å². The van der Waals surface area contributed by atoms with Crippen molar-refractivity contribution >= 4 is 0 Å². The van der Waals surface area contributed by atoms with Gasteiger partial charge in [-0.3, -0.25) is 0 Å². The van der Waals surface area contributed by atoms with Gasteiger partial charge in [0.05, 0.1) is 0 Å². The van der Waals surface area contributed by atoms with E-state index in [1.54, 1.807) is 5.56 Å². The zero-order chi connectivity index (χ0) is 22.9. The van der Waals surface area contributed by atoms with Gasteiger partial charge in [0.1, 0.15) is 0 Å². The Bertz CT molecular complexity index is 1100. The van der Waals surface area contributed by atoms with Crippen molar-refractivity contribution < 1.29 is 0 Å². The van der Waals surface area contributed by atoms with Gasteiger partial charge in [-0.1, -0.05) is 110 Å². The van der Waals surface area contributed by atoms with Crippen LogP contribution in [-0.4, -0.2) is 0 Å². The molecular formula is C31H40. The largest absolute Gasteiger partial charge is 0.0692 e. The summed E-state index contributed by atoms with van der Waals surface area (Å²) in [4.78, 5) is 0. The number of fused-ring (bicyclic) bond motifs is 3. The summed E-state index contributed by atoms with van der Waals surface area (Å²) in [6, 6.07) is 12.2. The van der Waals surface area contributed by atoms with E-state index in [0.29, 0.717) is 5.92 Å². The molecule has 31 heavy (non-hydrogen) atoms. The van der Waals surface area contributed by atoms with E-state index >= 15 is 0 Å². The standard InChI is InChI=1S/C31H40/c1-19-13-22(30(5,6)7)16-24(19)27-17-23(31(8,9)10)18-28-25-15-21(29(2,3)4)12-11-20(25)14-26(27)28/h11-13,15-18,24H,14H2,1-10H3. The minimum Gasteiger partial charge on any atom is -0.0692 e. The molecule has 0 spiro atoms. The lowest BCUT2D eigenvalue weighted by Crippen LogP contribution is -2.13. The summed E-state index contributed by atoms with van der Waals surface area (Å²) in [6.45, 7) is 23.2. The number of hydrogen-bond acceptors (Lipinski definition) is 0. The van der Waals surface area contributed by atoms with Crippen LogP contribution in [0.5, 0.6) is 0 Å². The van der Waals surface area contributed by atoms with E-state index in [0.717, 1.165) is 6.42 Å².